The van der Waals surface area contributed by atoms with Gasteiger partial charge in [-0.05, 0) is 19.1 Å². The Kier molecular flexibility index (Phi) is 4.05. The van der Waals surface area contributed by atoms with E-state index in [1.165, 1.54) is 36.7 Å². The molecule has 0 unspecified atom stereocenters. The molecule has 6 nitrogen and oxygen atoms in total. The minimum atomic E-state index is -3.88. The Morgan fingerprint density at radius 1 is 1.30 bits per heavy atom. The fraction of sp³-hybridized carbons (Fsp3) is 0.167. The number of hydrogen-bond acceptors (Lipinski definition) is 5. The maximum Gasteiger partial charge on any atom is 0.337 e. The molecule has 1 heterocycles. The second-order valence-corrected chi connectivity index (χ2v) is 6.65. The fourth-order valence-corrected chi connectivity index (χ4v) is 3.01. The molecule has 1 aromatic heterocycles. The van der Waals surface area contributed by atoms with Gasteiger partial charge in [0.1, 0.15) is 0 Å². The van der Waals surface area contributed by atoms with Crippen LogP contribution in [0.1, 0.15) is 5.56 Å². The zero-order valence-corrected chi connectivity index (χ0v) is 12.5. The average Bonchev–Trinajstić information content (AvgIpc) is 2.91. The lowest BCUT2D eigenvalue weighted by molar-refractivity contribution is 0.252. The number of anilines is 1. The predicted molar refractivity (Wildman–Crippen MR) is 77.4 cm³/mol. The van der Waals surface area contributed by atoms with E-state index in [1.807, 2.05) is 11.6 Å². The third-order valence-electron chi connectivity index (χ3n) is 2.56. The second-order valence-electron chi connectivity index (χ2n) is 4.10. The summed E-state index contributed by atoms with van der Waals surface area (Å²) < 4.78 is 26.1. The number of benzene rings is 1. The number of rotatable bonds is 3. The van der Waals surface area contributed by atoms with Gasteiger partial charge >= 0.3 is 6.03 Å². The molecule has 0 bridgehead atoms. The molecule has 0 aliphatic carbocycles. The van der Waals surface area contributed by atoms with Crippen molar-refractivity contribution in [1.29, 1.82) is 0 Å². The zero-order chi connectivity index (χ0) is 14.8. The van der Waals surface area contributed by atoms with Crippen molar-refractivity contribution in [3.05, 3.63) is 41.4 Å². The first kappa shape index (κ1) is 14.5. The summed E-state index contributed by atoms with van der Waals surface area (Å²) in [6.07, 6.45) is 1.54. The molecule has 8 heteroatoms. The van der Waals surface area contributed by atoms with Gasteiger partial charge < -0.3 is 0 Å². The summed E-state index contributed by atoms with van der Waals surface area (Å²) in [6, 6.07) is 5.50. The maximum atomic E-state index is 12.1. The number of amides is 2. The second kappa shape index (κ2) is 5.59. The fourth-order valence-electron chi connectivity index (χ4n) is 1.43. The van der Waals surface area contributed by atoms with Gasteiger partial charge in [-0.15, -0.1) is 11.3 Å². The number of sulfonamides is 1. The number of hydrogen-bond donors (Lipinski definition) is 1. The maximum absolute atomic E-state index is 12.1. The third kappa shape index (κ3) is 3.14. The van der Waals surface area contributed by atoms with Gasteiger partial charge in [0.05, 0.1) is 4.90 Å². The van der Waals surface area contributed by atoms with E-state index in [-0.39, 0.29) is 4.90 Å². The van der Waals surface area contributed by atoms with Gasteiger partial charge in [0, 0.05) is 18.6 Å². The van der Waals surface area contributed by atoms with Crippen LogP contribution in [0.4, 0.5) is 9.93 Å². The number of aromatic nitrogens is 1. The number of nitrogens with one attached hydrogen (secondary N) is 1. The molecule has 0 aliphatic rings. The largest absolute Gasteiger partial charge is 0.337 e. The Hall–Kier alpha value is -1.93. The van der Waals surface area contributed by atoms with Gasteiger partial charge in [0.25, 0.3) is 10.0 Å². The topological polar surface area (TPSA) is 79.4 Å². The van der Waals surface area contributed by atoms with Gasteiger partial charge in [-0.1, -0.05) is 17.7 Å². The van der Waals surface area contributed by atoms with Crippen molar-refractivity contribution >= 4 is 32.5 Å². The molecule has 20 heavy (non-hydrogen) atoms. The van der Waals surface area contributed by atoms with Gasteiger partial charge in [-0.25, -0.2) is 22.9 Å². The van der Waals surface area contributed by atoms with Crippen LogP contribution in [0.5, 0.6) is 0 Å². The monoisotopic (exact) mass is 311 g/mol. The van der Waals surface area contributed by atoms with Crippen LogP contribution in [0, 0.1) is 6.92 Å². The molecule has 0 saturated heterocycles. The molecule has 1 N–H and O–H groups in total. The van der Waals surface area contributed by atoms with Crippen LogP contribution in [0.3, 0.4) is 0 Å². The highest BCUT2D eigenvalue weighted by Crippen LogP contribution is 2.16. The SMILES string of the molecule is Cc1ccc(S(=O)(=O)NC(=O)N(C)c2nccs2)cc1. The number of aryl methyl sites for hydroxylation is 1. The molecule has 0 aliphatic heterocycles. The van der Waals surface area contributed by atoms with Crippen molar-refractivity contribution < 1.29 is 13.2 Å². The standard InChI is InChI=1S/C12H13N3O3S2/c1-9-3-5-10(6-4-9)20(17,18)14-11(16)15(2)12-13-7-8-19-12/h3-8H,1-2H3,(H,14,16). The average molecular weight is 311 g/mol. The Labute approximate surface area is 121 Å². The van der Waals surface area contributed by atoms with E-state index in [4.69, 9.17) is 0 Å². The lowest BCUT2D eigenvalue weighted by Gasteiger charge is -2.15. The van der Waals surface area contributed by atoms with Crippen LogP contribution >= 0.6 is 11.3 Å². The van der Waals surface area contributed by atoms with E-state index in [0.717, 1.165) is 10.5 Å². The summed E-state index contributed by atoms with van der Waals surface area (Å²) in [5.74, 6) is 0. The molecule has 0 radical (unpaired) electrons. The van der Waals surface area contributed by atoms with Crippen molar-refractivity contribution in [3.8, 4) is 0 Å². The van der Waals surface area contributed by atoms with E-state index in [0.29, 0.717) is 5.13 Å². The van der Waals surface area contributed by atoms with Crippen LogP contribution in [0.2, 0.25) is 0 Å². The molecular weight excluding hydrogens is 298 g/mol. The Morgan fingerprint density at radius 3 is 2.50 bits per heavy atom. The minimum absolute atomic E-state index is 0.0454. The summed E-state index contributed by atoms with van der Waals surface area (Å²) >= 11 is 1.24. The molecule has 0 atom stereocenters. The molecule has 2 rings (SSSR count). The molecule has 1 aromatic carbocycles. The molecule has 2 aromatic rings. The number of nitrogens with zero attached hydrogens (tertiary/aromatic N) is 2. The number of urea groups is 1. The van der Waals surface area contributed by atoms with E-state index in [2.05, 4.69) is 4.98 Å². The first-order valence-corrected chi connectivity index (χ1v) is 8.03. The molecule has 2 amide bonds. The molecule has 0 spiro atoms. The third-order valence-corrected chi connectivity index (χ3v) is 4.75. The van der Waals surface area contributed by atoms with Gasteiger partial charge in [-0.3, -0.25) is 4.90 Å². The Morgan fingerprint density at radius 2 is 1.95 bits per heavy atom. The highest BCUT2D eigenvalue weighted by Gasteiger charge is 2.21. The Bertz CT molecular complexity index is 694. The minimum Gasteiger partial charge on any atom is -0.272 e. The van der Waals surface area contributed by atoms with Gasteiger partial charge in [0.2, 0.25) is 0 Å². The molecule has 0 fully saturated rings. The van der Waals surface area contributed by atoms with Crippen LogP contribution in [-0.2, 0) is 10.0 Å². The van der Waals surface area contributed by atoms with E-state index < -0.39 is 16.1 Å². The van der Waals surface area contributed by atoms with E-state index in [9.17, 15) is 13.2 Å². The highest BCUT2D eigenvalue weighted by molar-refractivity contribution is 7.90. The quantitative estimate of drug-likeness (QED) is 0.940. The van der Waals surface area contributed by atoms with Crippen molar-refractivity contribution in [2.24, 2.45) is 0 Å². The lowest BCUT2D eigenvalue weighted by atomic mass is 10.2. The van der Waals surface area contributed by atoms with Crippen molar-refractivity contribution in [3.63, 3.8) is 0 Å². The number of carbonyl (C=O) groups excluding carboxylic acids is 1. The van der Waals surface area contributed by atoms with Crippen LogP contribution in [-0.4, -0.2) is 26.5 Å². The van der Waals surface area contributed by atoms with E-state index in [1.54, 1.807) is 17.5 Å². The predicted octanol–water partition coefficient (Wildman–Crippen LogP) is 1.99. The van der Waals surface area contributed by atoms with Gasteiger partial charge in [-0.2, -0.15) is 0 Å². The van der Waals surface area contributed by atoms with Crippen molar-refractivity contribution in [1.82, 2.24) is 9.71 Å². The lowest BCUT2D eigenvalue weighted by Crippen LogP contribution is -2.40. The summed E-state index contributed by atoms with van der Waals surface area (Å²) in [5.41, 5.74) is 0.940. The van der Waals surface area contributed by atoms with Crippen LogP contribution in [0.15, 0.2) is 40.7 Å². The zero-order valence-electron chi connectivity index (χ0n) is 10.9. The van der Waals surface area contributed by atoms with Gasteiger partial charge in [0.15, 0.2) is 5.13 Å². The first-order chi connectivity index (χ1) is 9.40. The molecule has 0 saturated carbocycles. The van der Waals surface area contributed by atoms with Crippen LogP contribution in [0.25, 0.3) is 0 Å². The summed E-state index contributed by atoms with van der Waals surface area (Å²) in [6.45, 7) is 1.85. The summed E-state index contributed by atoms with van der Waals surface area (Å²) in [4.78, 5) is 17.0. The van der Waals surface area contributed by atoms with Crippen molar-refractivity contribution in [2.45, 2.75) is 11.8 Å². The van der Waals surface area contributed by atoms with Crippen molar-refractivity contribution in [2.75, 3.05) is 11.9 Å². The Balaban J connectivity index is 2.16. The number of carbonyl (C=O) groups is 1. The summed E-state index contributed by atoms with van der Waals surface area (Å²) in [7, 11) is -2.42. The van der Waals surface area contributed by atoms with Crippen LogP contribution < -0.4 is 9.62 Å². The van der Waals surface area contributed by atoms with E-state index >= 15 is 0 Å². The first-order valence-electron chi connectivity index (χ1n) is 5.67. The number of thiazole rings is 1. The highest BCUT2D eigenvalue weighted by atomic mass is 32.2. The molecular formula is C12H13N3O3S2. The normalized spacial score (nSPS) is 11.1. The summed E-state index contributed by atoms with van der Waals surface area (Å²) in [5, 5.41) is 2.12. The smallest absolute Gasteiger partial charge is 0.272 e. The molecule has 106 valence electrons.